The molecule has 4 aromatic carbocycles. The summed E-state index contributed by atoms with van der Waals surface area (Å²) in [6.07, 6.45) is 0. The highest BCUT2D eigenvalue weighted by molar-refractivity contribution is 6.33. The van der Waals surface area contributed by atoms with E-state index in [1.165, 1.54) is 0 Å². The zero-order valence-corrected chi connectivity index (χ0v) is 20.4. The number of fused-ring (bicyclic) bond motifs is 1. The normalized spacial score (nSPS) is 16.4. The van der Waals surface area contributed by atoms with Crippen molar-refractivity contribution < 1.29 is 19.3 Å². The average molecular weight is 489 g/mol. The van der Waals surface area contributed by atoms with E-state index in [-0.39, 0.29) is 0 Å². The van der Waals surface area contributed by atoms with Crippen molar-refractivity contribution in [3.63, 3.8) is 0 Å². The van der Waals surface area contributed by atoms with Crippen LogP contribution >= 0.6 is 0 Å². The second-order valence-corrected chi connectivity index (χ2v) is 8.73. The number of nitrogens with zero attached hydrogens (tertiary/aromatic N) is 2. The number of hydrogen-bond donors (Lipinski definition) is 0. The molecule has 0 saturated carbocycles. The number of rotatable bonds is 5. The molecule has 5 rings (SSSR count). The van der Waals surface area contributed by atoms with Gasteiger partial charge in [0.15, 0.2) is 0 Å². The Morgan fingerprint density at radius 1 is 0.568 bits per heavy atom. The Kier molecular flexibility index (Phi) is 6.72. The van der Waals surface area contributed by atoms with E-state index >= 15 is 0 Å². The maximum absolute atomic E-state index is 12.8. The van der Waals surface area contributed by atoms with Crippen LogP contribution in [0.2, 0.25) is 0 Å². The van der Waals surface area contributed by atoms with Gasteiger partial charge in [0.25, 0.3) is 0 Å². The Morgan fingerprint density at radius 3 is 1.43 bits per heavy atom. The van der Waals surface area contributed by atoms with Crippen molar-refractivity contribution in [2.24, 2.45) is 10.3 Å². The molecule has 4 aromatic rings. The highest BCUT2D eigenvalue weighted by atomic mass is 16.7. The first kappa shape index (κ1) is 23.9. The van der Waals surface area contributed by atoms with Crippen molar-refractivity contribution >= 4 is 23.4 Å². The Labute approximate surface area is 214 Å². The molecule has 1 aliphatic rings. The summed E-state index contributed by atoms with van der Waals surface area (Å²) in [4.78, 5) is 36.6. The van der Waals surface area contributed by atoms with Gasteiger partial charge in [-0.3, -0.25) is 0 Å². The molecule has 6 heteroatoms. The first-order chi connectivity index (χ1) is 18.0. The largest absolute Gasteiger partial charge is 0.366 e. The van der Waals surface area contributed by atoms with Gasteiger partial charge in [-0.05, 0) is 42.7 Å². The number of aryl methyl sites for hydroxylation is 2. The van der Waals surface area contributed by atoms with Gasteiger partial charge in [-0.15, -0.1) is 0 Å². The first-order valence-corrected chi connectivity index (χ1v) is 11.9. The molecular formula is C31H24N2O4. The van der Waals surface area contributed by atoms with Gasteiger partial charge in [0, 0.05) is 11.1 Å². The summed E-state index contributed by atoms with van der Waals surface area (Å²) >= 11 is 0. The van der Waals surface area contributed by atoms with Crippen molar-refractivity contribution in [2.45, 2.75) is 19.8 Å². The first-order valence-electron chi connectivity index (χ1n) is 11.9. The lowest BCUT2D eigenvalue weighted by Gasteiger charge is -2.13. The average Bonchev–Trinajstić information content (AvgIpc) is 3.24. The second-order valence-electron chi connectivity index (χ2n) is 8.73. The minimum absolute atomic E-state index is 0.440. The maximum Gasteiger partial charge on any atom is 0.366 e. The lowest BCUT2D eigenvalue weighted by molar-refractivity contribution is 0.0509. The number of hydrogen-bond acceptors (Lipinski definition) is 6. The van der Waals surface area contributed by atoms with Gasteiger partial charge in [0.05, 0.1) is 17.0 Å². The molecule has 0 radical (unpaired) electrons. The van der Waals surface area contributed by atoms with E-state index in [1.807, 2.05) is 92.7 Å². The van der Waals surface area contributed by atoms with Crippen molar-refractivity contribution in [1.29, 1.82) is 0 Å². The van der Waals surface area contributed by atoms with Crippen LogP contribution in [0.5, 0.6) is 0 Å². The van der Waals surface area contributed by atoms with E-state index in [0.29, 0.717) is 22.6 Å². The van der Waals surface area contributed by atoms with E-state index in [1.54, 1.807) is 24.3 Å². The maximum atomic E-state index is 12.8. The van der Waals surface area contributed by atoms with Crippen LogP contribution < -0.4 is 0 Å². The monoisotopic (exact) mass is 488 g/mol. The topological polar surface area (TPSA) is 77.3 Å². The summed E-state index contributed by atoms with van der Waals surface area (Å²) in [5.41, 5.74) is 5.86. The molecule has 0 heterocycles. The predicted molar refractivity (Wildman–Crippen MR) is 142 cm³/mol. The summed E-state index contributed by atoms with van der Waals surface area (Å²) in [6.45, 7) is 3.68. The fourth-order valence-corrected chi connectivity index (χ4v) is 4.42. The van der Waals surface area contributed by atoms with Gasteiger partial charge < -0.3 is 9.68 Å². The van der Waals surface area contributed by atoms with Crippen molar-refractivity contribution in [1.82, 2.24) is 0 Å². The molecule has 37 heavy (non-hydrogen) atoms. The third kappa shape index (κ3) is 4.82. The third-order valence-corrected chi connectivity index (χ3v) is 6.34. The van der Waals surface area contributed by atoms with Crippen molar-refractivity contribution in [2.75, 3.05) is 0 Å². The third-order valence-electron chi connectivity index (χ3n) is 6.34. The molecule has 0 saturated heterocycles. The van der Waals surface area contributed by atoms with Crippen molar-refractivity contribution in [3.8, 4) is 0 Å². The molecule has 182 valence electrons. The Hall–Kier alpha value is -4.84. The van der Waals surface area contributed by atoms with Gasteiger partial charge in [0.1, 0.15) is 11.4 Å². The predicted octanol–water partition coefficient (Wildman–Crippen LogP) is 6.22. The van der Waals surface area contributed by atoms with Crippen LogP contribution in [-0.2, 0) is 9.68 Å². The van der Waals surface area contributed by atoms with Gasteiger partial charge in [-0.2, -0.15) is 0 Å². The zero-order valence-electron chi connectivity index (χ0n) is 20.4. The molecule has 0 aromatic heterocycles. The van der Waals surface area contributed by atoms with E-state index in [9.17, 15) is 9.59 Å². The lowest BCUT2D eigenvalue weighted by Crippen LogP contribution is -2.17. The minimum atomic E-state index is -0.550. The van der Waals surface area contributed by atoms with Gasteiger partial charge >= 0.3 is 11.9 Å². The van der Waals surface area contributed by atoms with E-state index in [2.05, 4.69) is 10.3 Å². The molecule has 0 aliphatic heterocycles. The summed E-state index contributed by atoms with van der Waals surface area (Å²) in [5.74, 6) is -1.61. The minimum Gasteiger partial charge on any atom is -0.312 e. The summed E-state index contributed by atoms with van der Waals surface area (Å²) in [5, 5.41) is 8.67. The highest BCUT2D eigenvalue weighted by Crippen LogP contribution is 2.36. The zero-order chi connectivity index (χ0) is 25.8. The number of carbonyl (C=O) groups is 2. The summed E-state index contributed by atoms with van der Waals surface area (Å²) < 4.78 is 0. The smallest absolute Gasteiger partial charge is 0.312 e. The molecular weight excluding hydrogens is 464 g/mol. The molecule has 0 bridgehead atoms. The second kappa shape index (κ2) is 10.4. The fraction of sp³-hybridized carbons (Fsp3) is 0.0968. The Morgan fingerprint density at radius 2 is 0.973 bits per heavy atom. The van der Waals surface area contributed by atoms with Crippen LogP contribution in [0, 0.1) is 13.8 Å². The summed E-state index contributed by atoms with van der Waals surface area (Å²) in [6, 6.07) is 31.5. The van der Waals surface area contributed by atoms with E-state index in [0.717, 1.165) is 27.8 Å². The molecule has 1 aliphatic carbocycles. The molecule has 0 amide bonds. The van der Waals surface area contributed by atoms with Crippen LogP contribution in [0.15, 0.2) is 113 Å². The summed E-state index contributed by atoms with van der Waals surface area (Å²) in [7, 11) is 0. The highest BCUT2D eigenvalue weighted by Gasteiger charge is 2.38. The van der Waals surface area contributed by atoms with Gasteiger partial charge in [-0.25, -0.2) is 9.59 Å². The standard InChI is InChI=1S/C31H24N2O4/c1-20-12-6-8-16-23(20)30(34)36-32-28-25-18-10-11-19-26(25)29(27(28)22-14-4-3-5-15-22)33-37-31(35)24-17-9-7-13-21(24)2/h3-19,27H,1-2H3/b32-28-,33-29+. The number of carbonyl (C=O) groups excluding carboxylic acids is 2. The number of benzene rings is 4. The molecule has 1 atom stereocenters. The Bertz CT molecular complexity index is 1440. The molecule has 1 unspecified atom stereocenters. The molecule has 6 nitrogen and oxygen atoms in total. The van der Waals surface area contributed by atoms with Gasteiger partial charge in [-0.1, -0.05) is 101 Å². The fourth-order valence-electron chi connectivity index (χ4n) is 4.42. The van der Waals surface area contributed by atoms with Crippen LogP contribution in [0.25, 0.3) is 0 Å². The lowest BCUT2D eigenvalue weighted by atomic mass is 9.93. The van der Waals surface area contributed by atoms with Crippen LogP contribution in [0.1, 0.15) is 54.5 Å². The Balaban J connectivity index is 1.55. The van der Waals surface area contributed by atoms with Crippen LogP contribution in [-0.4, -0.2) is 23.4 Å². The number of oxime groups is 2. The quantitative estimate of drug-likeness (QED) is 0.247. The molecule has 0 spiro atoms. The van der Waals surface area contributed by atoms with Gasteiger partial charge in [0.2, 0.25) is 0 Å². The SMILES string of the molecule is Cc1ccccc1C(=O)O/N=C1\c2ccccc2/C(=N/OC(=O)c2ccccc2C)C1c1ccccc1. The van der Waals surface area contributed by atoms with Crippen molar-refractivity contribution in [3.05, 3.63) is 142 Å². The van der Waals surface area contributed by atoms with E-state index < -0.39 is 17.9 Å². The van der Waals surface area contributed by atoms with E-state index in [4.69, 9.17) is 9.68 Å². The molecule has 0 N–H and O–H groups in total. The van der Waals surface area contributed by atoms with Crippen LogP contribution in [0.4, 0.5) is 0 Å². The molecule has 0 fully saturated rings. The van der Waals surface area contributed by atoms with Crippen LogP contribution in [0.3, 0.4) is 0 Å².